The van der Waals surface area contributed by atoms with Gasteiger partial charge in [-0.2, -0.15) is 0 Å². The first-order valence-electron chi connectivity index (χ1n) is 12.3. The van der Waals surface area contributed by atoms with E-state index in [0.717, 1.165) is 27.6 Å². The largest absolute Gasteiger partial charge is 0.494 e. The Morgan fingerprint density at radius 1 is 1.00 bits per heavy atom. The van der Waals surface area contributed by atoms with Crippen molar-refractivity contribution >= 4 is 39.9 Å². The zero-order valence-electron chi connectivity index (χ0n) is 21.7. The number of nitrogens with zero attached hydrogens (tertiary/aromatic N) is 2. The summed E-state index contributed by atoms with van der Waals surface area (Å²) >= 11 is 0. The number of urea groups is 1. The number of carbonyl (C=O) groups excluding carboxylic acids is 2. The van der Waals surface area contributed by atoms with Crippen LogP contribution in [0.2, 0.25) is 0 Å². The van der Waals surface area contributed by atoms with Gasteiger partial charge < -0.3 is 31.3 Å². The van der Waals surface area contributed by atoms with Gasteiger partial charge in [0.25, 0.3) is 0 Å². The molecule has 196 valence electrons. The molecule has 4 rings (SSSR count). The molecule has 3 aromatic carbocycles. The van der Waals surface area contributed by atoms with Crippen LogP contribution in [0.1, 0.15) is 24.1 Å². The maximum atomic E-state index is 13.5. The number of anilines is 3. The molecule has 0 aliphatic heterocycles. The first-order valence-corrected chi connectivity index (χ1v) is 12.3. The van der Waals surface area contributed by atoms with Gasteiger partial charge in [0.15, 0.2) is 0 Å². The molecule has 0 radical (unpaired) electrons. The minimum Gasteiger partial charge on any atom is -0.494 e. The van der Waals surface area contributed by atoms with Crippen LogP contribution in [0.15, 0.2) is 79.0 Å². The highest BCUT2D eigenvalue weighted by molar-refractivity contribution is 5.94. The molecule has 0 bridgehead atoms. The van der Waals surface area contributed by atoms with Crippen molar-refractivity contribution in [3.05, 3.63) is 90.1 Å². The average molecular weight is 513 g/mol. The lowest BCUT2D eigenvalue weighted by Crippen LogP contribution is -2.33. The highest BCUT2D eigenvalue weighted by atomic mass is 16.5. The van der Waals surface area contributed by atoms with Gasteiger partial charge in [-0.25, -0.2) is 9.78 Å². The summed E-state index contributed by atoms with van der Waals surface area (Å²) in [6.45, 7) is 2.72. The van der Waals surface area contributed by atoms with Gasteiger partial charge in [-0.05, 0) is 72.0 Å². The van der Waals surface area contributed by atoms with E-state index in [9.17, 15) is 9.59 Å². The van der Waals surface area contributed by atoms with E-state index in [1.165, 1.54) is 4.90 Å². The molecular formula is C29H32N6O3. The minimum absolute atomic E-state index is 0.212. The summed E-state index contributed by atoms with van der Waals surface area (Å²) in [5.74, 6) is 0.929. The van der Waals surface area contributed by atoms with E-state index in [0.29, 0.717) is 23.9 Å². The van der Waals surface area contributed by atoms with Crippen LogP contribution < -0.4 is 26.4 Å². The summed E-state index contributed by atoms with van der Waals surface area (Å²) in [6, 6.07) is 21.5. The summed E-state index contributed by atoms with van der Waals surface area (Å²) in [5, 5.41) is 11.0. The number of amides is 3. The number of pyridine rings is 1. The van der Waals surface area contributed by atoms with Crippen molar-refractivity contribution in [1.29, 1.82) is 0 Å². The van der Waals surface area contributed by atoms with Crippen molar-refractivity contribution in [2.45, 2.75) is 19.5 Å². The summed E-state index contributed by atoms with van der Waals surface area (Å²) in [7, 11) is 3.35. The number of rotatable bonds is 9. The number of nitrogen functional groups attached to an aromatic ring is 1. The van der Waals surface area contributed by atoms with Gasteiger partial charge in [0.1, 0.15) is 17.6 Å². The number of aromatic nitrogens is 1. The van der Waals surface area contributed by atoms with E-state index < -0.39 is 6.04 Å². The Balaban J connectivity index is 1.56. The maximum Gasteiger partial charge on any atom is 0.321 e. The lowest BCUT2D eigenvalue weighted by molar-refractivity contribution is -0.122. The van der Waals surface area contributed by atoms with Crippen molar-refractivity contribution in [1.82, 2.24) is 15.2 Å². The smallest absolute Gasteiger partial charge is 0.321 e. The predicted octanol–water partition coefficient (Wildman–Crippen LogP) is 4.78. The van der Waals surface area contributed by atoms with Crippen molar-refractivity contribution in [2.75, 3.05) is 37.1 Å². The van der Waals surface area contributed by atoms with Gasteiger partial charge in [-0.3, -0.25) is 4.79 Å². The molecule has 3 amide bonds. The summed E-state index contributed by atoms with van der Waals surface area (Å²) in [5.41, 5.74) is 9.03. The SMILES string of the molecule is CCOc1cccc(C(Nc2ccc3c(N)nccc3c2)C(=O)NCc2cccc(NC(=O)N(C)C)c2)c1. The maximum absolute atomic E-state index is 13.5. The Morgan fingerprint density at radius 2 is 1.82 bits per heavy atom. The molecule has 0 fully saturated rings. The van der Waals surface area contributed by atoms with Crippen molar-refractivity contribution < 1.29 is 14.3 Å². The fourth-order valence-electron chi connectivity index (χ4n) is 3.99. The topological polar surface area (TPSA) is 122 Å². The number of benzene rings is 3. The summed E-state index contributed by atoms with van der Waals surface area (Å²) in [6.07, 6.45) is 1.66. The number of hydrogen-bond donors (Lipinski definition) is 4. The molecule has 0 aliphatic carbocycles. The van der Waals surface area contributed by atoms with E-state index in [4.69, 9.17) is 10.5 Å². The highest BCUT2D eigenvalue weighted by Crippen LogP contribution is 2.27. The monoisotopic (exact) mass is 512 g/mol. The van der Waals surface area contributed by atoms with Crippen LogP contribution >= 0.6 is 0 Å². The van der Waals surface area contributed by atoms with Crippen molar-refractivity contribution in [3.8, 4) is 5.75 Å². The van der Waals surface area contributed by atoms with Crippen LogP contribution in [0.4, 0.5) is 22.0 Å². The number of hydrogen-bond acceptors (Lipinski definition) is 6. The third kappa shape index (κ3) is 6.50. The molecule has 1 heterocycles. The normalized spacial score (nSPS) is 11.4. The Morgan fingerprint density at radius 3 is 2.61 bits per heavy atom. The minimum atomic E-state index is -0.691. The second-order valence-corrected chi connectivity index (χ2v) is 8.96. The second-order valence-electron chi connectivity index (χ2n) is 8.96. The number of nitrogens with two attached hydrogens (primary N) is 1. The van der Waals surface area contributed by atoms with E-state index >= 15 is 0 Å². The van der Waals surface area contributed by atoms with Crippen LogP contribution in [0.3, 0.4) is 0 Å². The second kappa shape index (κ2) is 12.0. The van der Waals surface area contributed by atoms with Gasteiger partial charge in [0.05, 0.1) is 6.61 Å². The van der Waals surface area contributed by atoms with Gasteiger partial charge in [0.2, 0.25) is 5.91 Å². The molecule has 9 heteroatoms. The van der Waals surface area contributed by atoms with Crippen LogP contribution in [-0.2, 0) is 11.3 Å². The zero-order chi connectivity index (χ0) is 27.1. The molecule has 0 saturated heterocycles. The molecule has 5 N–H and O–H groups in total. The fourth-order valence-corrected chi connectivity index (χ4v) is 3.99. The average Bonchev–Trinajstić information content (AvgIpc) is 2.91. The number of nitrogens with one attached hydrogen (secondary N) is 3. The van der Waals surface area contributed by atoms with Crippen LogP contribution in [-0.4, -0.2) is 42.5 Å². The lowest BCUT2D eigenvalue weighted by Gasteiger charge is -2.21. The van der Waals surface area contributed by atoms with Gasteiger partial charge in [-0.15, -0.1) is 0 Å². The van der Waals surface area contributed by atoms with E-state index in [-0.39, 0.29) is 18.5 Å². The van der Waals surface area contributed by atoms with Crippen molar-refractivity contribution in [2.24, 2.45) is 0 Å². The fraction of sp³-hybridized carbons (Fsp3) is 0.207. The molecule has 1 atom stereocenters. The summed E-state index contributed by atoms with van der Waals surface area (Å²) in [4.78, 5) is 31.1. The molecule has 38 heavy (non-hydrogen) atoms. The quantitative estimate of drug-likeness (QED) is 0.256. The number of ether oxygens (including phenoxy) is 1. The van der Waals surface area contributed by atoms with Gasteiger partial charge >= 0.3 is 6.03 Å². The van der Waals surface area contributed by atoms with Crippen LogP contribution in [0.25, 0.3) is 10.8 Å². The Bertz CT molecular complexity index is 1440. The first-order chi connectivity index (χ1) is 18.3. The predicted molar refractivity (Wildman–Crippen MR) is 151 cm³/mol. The first kappa shape index (κ1) is 26.3. The van der Waals surface area contributed by atoms with E-state index in [1.807, 2.05) is 73.7 Å². The summed E-state index contributed by atoms with van der Waals surface area (Å²) < 4.78 is 5.67. The van der Waals surface area contributed by atoms with Crippen molar-refractivity contribution in [3.63, 3.8) is 0 Å². The van der Waals surface area contributed by atoms with Gasteiger partial charge in [-0.1, -0.05) is 24.3 Å². The van der Waals surface area contributed by atoms with Crippen LogP contribution in [0, 0.1) is 0 Å². The number of carbonyl (C=O) groups is 2. The Hall–Kier alpha value is -4.79. The zero-order valence-corrected chi connectivity index (χ0v) is 21.7. The molecule has 4 aromatic rings. The number of fused-ring (bicyclic) bond motifs is 1. The molecule has 1 aromatic heterocycles. The lowest BCUT2D eigenvalue weighted by atomic mass is 10.0. The highest BCUT2D eigenvalue weighted by Gasteiger charge is 2.21. The molecule has 0 spiro atoms. The molecule has 9 nitrogen and oxygen atoms in total. The van der Waals surface area contributed by atoms with Crippen LogP contribution in [0.5, 0.6) is 5.75 Å². The standard InChI is InChI=1S/C29H32N6O3/c1-4-38-24-10-6-8-21(17-24)26(33-23-11-12-25-20(16-23)13-14-31-27(25)30)28(36)32-18-19-7-5-9-22(15-19)34-29(37)35(2)3/h5-17,26,33H,4,18H2,1-3H3,(H2,30,31)(H,32,36)(H,34,37). The molecule has 0 saturated carbocycles. The molecular weight excluding hydrogens is 480 g/mol. The Kier molecular flexibility index (Phi) is 8.27. The Labute approximate surface area is 222 Å². The molecule has 0 aliphatic rings. The van der Waals surface area contributed by atoms with E-state index in [2.05, 4.69) is 20.9 Å². The third-order valence-corrected chi connectivity index (χ3v) is 5.92. The van der Waals surface area contributed by atoms with E-state index in [1.54, 1.807) is 26.4 Å². The molecule has 1 unspecified atom stereocenters. The third-order valence-electron chi connectivity index (χ3n) is 5.92. The van der Waals surface area contributed by atoms with Gasteiger partial charge in [0, 0.05) is 43.6 Å².